The van der Waals surface area contributed by atoms with E-state index in [1.807, 2.05) is 34.6 Å². The third-order valence-corrected chi connectivity index (χ3v) is 3.46. The molecule has 0 bridgehead atoms. The van der Waals surface area contributed by atoms with Gasteiger partial charge in [0.1, 0.15) is 5.60 Å². The Morgan fingerprint density at radius 3 is 2.30 bits per heavy atom. The Morgan fingerprint density at radius 2 is 1.78 bits per heavy atom. The lowest BCUT2D eigenvalue weighted by Gasteiger charge is -2.24. The number of aliphatic imine (C=N–C) groups is 1. The van der Waals surface area contributed by atoms with E-state index in [0.29, 0.717) is 25.5 Å². The van der Waals surface area contributed by atoms with Crippen molar-refractivity contribution in [3.63, 3.8) is 0 Å². The Hall–Kier alpha value is -1.99. The van der Waals surface area contributed by atoms with Crippen LogP contribution in [-0.2, 0) is 9.53 Å². The van der Waals surface area contributed by atoms with Crippen LogP contribution >= 0.6 is 0 Å². The molecule has 8 heteroatoms. The van der Waals surface area contributed by atoms with Gasteiger partial charge in [0.2, 0.25) is 5.91 Å². The lowest BCUT2D eigenvalue weighted by atomic mass is 10.1. The highest BCUT2D eigenvalue weighted by Crippen LogP contribution is 2.07. The van der Waals surface area contributed by atoms with E-state index in [0.717, 1.165) is 19.3 Å². The number of unbranched alkanes of at least 4 members (excludes halogenated alkanes) is 1. The largest absolute Gasteiger partial charge is 0.444 e. The highest BCUT2D eigenvalue weighted by Gasteiger charge is 2.18. The van der Waals surface area contributed by atoms with Gasteiger partial charge in [-0.2, -0.15) is 0 Å². The number of rotatable bonds is 10. The first-order valence-corrected chi connectivity index (χ1v) is 9.80. The molecule has 0 heterocycles. The van der Waals surface area contributed by atoms with Gasteiger partial charge in [-0.1, -0.05) is 19.8 Å². The molecular formula is C19H39N5O3. The normalized spacial score (nSPS) is 13.1. The summed E-state index contributed by atoms with van der Waals surface area (Å²) in [5.74, 6) is 0.613. The molecule has 8 nitrogen and oxygen atoms in total. The van der Waals surface area contributed by atoms with Gasteiger partial charge in [0.25, 0.3) is 0 Å². The molecule has 0 aromatic heterocycles. The molecule has 0 saturated carbocycles. The van der Waals surface area contributed by atoms with Gasteiger partial charge in [-0.25, -0.2) is 4.79 Å². The number of carbonyl (C=O) groups is 2. The van der Waals surface area contributed by atoms with Gasteiger partial charge >= 0.3 is 6.09 Å². The number of alkyl carbamates (subject to hydrolysis) is 1. The van der Waals surface area contributed by atoms with Crippen LogP contribution in [0.2, 0.25) is 0 Å². The summed E-state index contributed by atoms with van der Waals surface area (Å²) < 4.78 is 5.28. The molecule has 0 aliphatic heterocycles. The molecule has 4 N–H and O–H groups in total. The average Bonchev–Trinajstić information content (AvgIpc) is 2.53. The SMILES string of the molecule is CCCCC(CNC(=O)OC(C)(C)C)NC(=NC)NCCC(=O)NC(C)C. The lowest BCUT2D eigenvalue weighted by Crippen LogP contribution is -2.49. The first kappa shape index (κ1) is 25.0. The zero-order valence-electron chi connectivity index (χ0n) is 18.1. The maximum Gasteiger partial charge on any atom is 0.407 e. The molecule has 0 aromatic rings. The fraction of sp³-hybridized carbons (Fsp3) is 0.842. The van der Waals surface area contributed by atoms with E-state index in [1.165, 1.54) is 0 Å². The van der Waals surface area contributed by atoms with Crippen molar-refractivity contribution < 1.29 is 14.3 Å². The van der Waals surface area contributed by atoms with Crippen molar-refractivity contribution in [2.45, 2.75) is 84.9 Å². The van der Waals surface area contributed by atoms with Gasteiger partial charge < -0.3 is 26.0 Å². The Kier molecular flexibility index (Phi) is 12.2. The van der Waals surface area contributed by atoms with Crippen molar-refractivity contribution in [2.24, 2.45) is 4.99 Å². The van der Waals surface area contributed by atoms with Gasteiger partial charge in [0.05, 0.1) is 0 Å². The third-order valence-electron chi connectivity index (χ3n) is 3.46. The van der Waals surface area contributed by atoms with E-state index in [-0.39, 0.29) is 18.0 Å². The molecule has 2 amide bonds. The predicted octanol–water partition coefficient (Wildman–Crippen LogP) is 2.15. The highest BCUT2D eigenvalue weighted by atomic mass is 16.6. The number of hydrogen-bond donors (Lipinski definition) is 4. The van der Waals surface area contributed by atoms with Crippen LogP contribution in [0.25, 0.3) is 0 Å². The molecule has 1 atom stereocenters. The summed E-state index contributed by atoms with van der Waals surface area (Å²) in [6.45, 7) is 12.4. The van der Waals surface area contributed by atoms with Crippen molar-refractivity contribution in [1.29, 1.82) is 0 Å². The zero-order valence-corrected chi connectivity index (χ0v) is 18.1. The van der Waals surface area contributed by atoms with Crippen LogP contribution in [0.4, 0.5) is 4.79 Å². The Labute approximate surface area is 164 Å². The molecule has 0 aromatic carbocycles. The monoisotopic (exact) mass is 385 g/mol. The first-order valence-electron chi connectivity index (χ1n) is 9.80. The zero-order chi connectivity index (χ0) is 20.9. The number of ether oxygens (including phenoxy) is 1. The second-order valence-electron chi connectivity index (χ2n) is 7.84. The van der Waals surface area contributed by atoms with Crippen LogP contribution in [-0.4, -0.2) is 55.8 Å². The topological polar surface area (TPSA) is 104 Å². The fourth-order valence-electron chi connectivity index (χ4n) is 2.27. The second-order valence-corrected chi connectivity index (χ2v) is 7.84. The van der Waals surface area contributed by atoms with Crippen molar-refractivity contribution >= 4 is 18.0 Å². The van der Waals surface area contributed by atoms with Crippen LogP contribution in [0.3, 0.4) is 0 Å². The molecular weight excluding hydrogens is 346 g/mol. The summed E-state index contributed by atoms with van der Waals surface area (Å²) in [7, 11) is 1.68. The van der Waals surface area contributed by atoms with Crippen LogP contribution < -0.4 is 21.3 Å². The quantitative estimate of drug-likeness (QED) is 0.341. The fourth-order valence-corrected chi connectivity index (χ4v) is 2.27. The first-order chi connectivity index (χ1) is 12.6. The van der Waals surface area contributed by atoms with E-state index in [4.69, 9.17) is 4.74 Å². The van der Waals surface area contributed by atoms with E-state index in [1.54, 1.807) is 7.05 Å². The van der Waals surface area contributed by atoms with Gasteiger partial charge in [-0.3, -0.25) is 9.79 Å². The van der Waals surface area contributed by atoms with Gasteiger partial charge in [-0.05, 0) is 41.0 Å². The Morgan fingerprint density at radius 1 is 1.11 bits per heavy atom. The maximum absolute atomic E-state index is 11.9. The number of guanidine groups is 1. The smallest absolute Gasteiger partial charge is 0.407 e. The van der Waals surface area contributed by atoms with E-state index in [2.05, 4.69) is 33.2 Å². The molecule has 1 unspecified atom stereocenters. The van der Waals surface area contributed by atoms with Crippen LogP contribution in [0.1, 0.15) is 67.2 Å². The molecule has 27 heavy (non-hydrogen) atoms. The molecule has 0 aliphatic carbocycles. The molecule has 0 rings (SSSR count). The summed E-state index contributed by atoms with van der Waals surface area (Å²) >= 11 is 0. The minimum absolute atomic E-state index is 0.00192. The molecule has 0 radical (unpaired) electrons. The van der Waals surface area contributed by atoms with Crippen molar-refractivity contribution in [3.8, 4) is 0 Å². The summed E-state index contributed by atoms with van der Waals surface area (Å²) in [4.78, 5) is 27.8. The maximum atomic E-state index is 11.9. The summed E-state index contributed by atoms with van der Waals surface area (Å²) in [6, 6.07) is 0.153. The van der Waals surface area contributed by atoms with Crippen molar-refractivity contribution in [3.05, 3.63) is 0 Å². The summed E-state index contributed by atoms with van der Waals surface area (Å²) in [5.41, 5.74) is -0.523. The van der Waals surface area contributed by atoms with Crippen LogP contribution in [0.15, 0.2) is 4.99 Å². The molecule has 0 saturated heterocycles. The average molecular weight is 386 g/mol. The van der Waals surface area contributed by atoms with Crippen molar-refractivity contribution in [2.75, 3.05) is 20.1 Å². The van der Waals surface area contributed by atoms with E-state index in [9.17, 15) is 9.59 Å². The van der Waals surface area contributed by atoms with Crippen LogP contribution in [0.5, 0.6) is 0 Å². The summed E-state index contributed by atoms with van der Waals surface area (Å²) in [6.07, 6.45) is 2.92. The van der Waals surface area contributed by atoms with Gasteiger partial charge in [0, 0.05) is 38.6 Å². The van der Waals surface area contributed by atoms with E-state index >= 15 is 0 Å². The second kappa shape index (κ2) is 13.2. The van der Waals surface area contributed by atoms with E-state index < -0.39 is 11.7 Å². The molecule has 0 fully saturated rings. The lowest BCUT2D eigenvalue weighted by molar-refractivity contribution is -0.121. The molecule has 0 spiro atoms. The highest BCUT2D eigenvalue weighted by molar-refractivity contribution is 5.81. The number of nitrogens with one attached hydrogen (secondary N) is 4. The minimum Gasteiger partial charge on any atom is -0.444 e. The molecule has 158 valence electrons. The van der Waals surface area contributed by atoms with Crippen LogP contribution in [0, 0.1) is 0 Å². The molecule has 0 aliphatic rings. The third kappa shape index (κ3) is 14.8. The minimum atomic E-state index is -0.523. The Bertz CT molecular complexity index is 472. The number of nitrogens with zero attached hydrogens (tertiary/aromatic N) is 1. The van der Waals surface area contributed by atoms with Crippen molar-refractivity contribution in [1.82, 2.24) is 21.3 Å². The van der Waals surface area contributed by atoms with Gasteiger partial charge in [0.15, 0.2) is 5.96 Å². The Balaban J connectivity index is 4.48. The number of amides is 2. The number of carbonyl (C=O) groups excluding carboxylic acids is 2. The predicted molar refractivity (Wildman–Crippen MR) is 110 cm³/mol. The summed E-state index contributed by atoms with van der Waals surface area (Å²) in [5, 5.41) is 12.1. The standard InChI is InChI=1S/C19H39N5O3/c1-8-9-10-15(13-22-18(26)27-19(4,5)6)24-17(20-7)21-12-11-16(25)23-14(2)3/h14-15H,8-13H2,1-7H3,(H,22,26)(H,23,25)(H2,20,21,24). The number of hydrogen-bond acceptors (Lipinski definition) is 4. The van der Waals surface area contributed by atoms with Gasteiger partial charge in [-0.15, -0.1) is 0 Å².